The predicted molar refractivity (Wildman–Crippen MR) is 125 cm³/mol. The van der Waals surface area contributed by atoms with Crippen LogP contribution in [0.25, 0.3) is 22.3 Å². The summed E-state index contributed by atoms with van der Waals surface area (Å²) in [7, 11) is 0. The van der Waals surface area contributed by atoms with Crippen molar-refractivity contribution in [2.45, 2.75) is 20.8 Å². The van der Waals surface area contributed by atoms with Gasteiger partial charge in [0.1, 0.15) is 11.3 Å². The third-order valence-corrected chi connectivity index (χ3v) is 6.01. The van der Waals surface area contributed by atoms with Gasteiger partial charge in [-0.05, 0) is 29.6 Å². The van der Waals surface area contributed by atoms with Gasteiger partial charge in [0.25, 0.3) is 5.91 Å². The molecule has 0 aliphatic rings. The second kappa shape index (κ2) is 7.85. The minimum Gasteiger partial charge on any atom is -0.454 e. The zero-order valence-electron chi connectivity index (χ0n) is 16.8. The molecule has 30 heavy (non-hydrogen) atoms. The minimum absolute atomic E-state index is 0.291. The fourth-order valence-electron chi connectivity index (χ4n) is 3.21. The molecule has 0 bridgehead atoms. The van der Waals surface area contributed by atoms with Gasteiger partial charge in [0.15, 0.2) is 5.76 Å². The van der Waals surface area contributed by atoms with Crippen molar-refractivity contribution in [1.82, 2.24) is 0 Å². The van der Waals surface area contributed by atoms with E-state index in [0.29, 0.717) is 27.3 Å². The van der Waals surface area contributed by atoms with E-state index in [1.165, 1.54) is 16.2 Å². The van der Waals surface area contributed by atoms with Gasteiger partial charge in [0.05, 0.1) is 4.88 Å². The molecule has 0 fully saturated rings. The number of halogens is 1. The summed E-state index contributed by atoms with van der Waals surface area (Å²) >= 11 is 4.82. The first-order chi connectivity index (χ1) is 14.3. The standard InChI is InChI=1S/C24H20BrNO3S/c1-24(2,3)23(28)26(22(27)19-10-7-13-30-19)20-17-14-16(25)11-12-18(17)29-21(20)15-8-5-4-6-9-15/h4-14H,1-3H3. The highest BCUT2D eigenvalue weighted by molar-refractivity contribution is 9.10. The van der Waals surface area contributed by atoms with E-state index < -0.39 is 5.41 Å². The molecule has 2 heterocycles. The molecule has 0 saturated heterocycles. The molecule has 0 atom stereocenters. The molecule has 152 valence electrons. The van der Waals surface area contributed by atoms with Crippen molar-refractivity contribution in [3.63, 3.8) is 0 Å². The molecule has 0 aliphatic heterocycles. The minimum atomic E-state index is -0.767. The second-order valence-electron chi connectivity index (χ2n) is 7.96. The van der Waals surface area contributed by atoms with E-state index in [2.05, 4.69) is 15.9 Å². The number of carbonyl (C=O) groups excluding carboxylic acids is 2. The van der Waals surface area contributed by atoms with Crippen LogP contribution in [-0.2, 0) is 4.79 Å². The van der Waals surface area contributed by atoms with Gasteiger partial charge in [-0.25, -0.2) is 4.90 Å². The lowest BCUT2D eigenvalue weighted by molar-refractivity contribution is -0.125. The number of anilines is 1. The first kappa shape index (κ1) is 20.6. The maximum Gasteiger partial charge on any atom is 0.275 e. The quantitative estimate of drug-likeness (QED) is 0.312. The summed E-state index contributed by atoms with van der Waals surface area (Å²) in [5, 5.41) is 2.53. The highest BCUT2D eigenvalue weighted by atomic mass is 79.9. The van der Waals surface area contributed by atoms with Crippen LogP contribution in [0, 0.1) is 5.41 Å². The number of hydrogen-bond acceptors (Lipinski definition) is 4. The monoisotopic (exact) mass is 481 g/mol. The number of benzene rings is 2. The fraction of sp³-hybridized carbons (Fsp3) is 0.167. The molecule has 2 aromatic carbocycles. The van der Waals surface area contributed by atoms with Crippen molar-refractivity contribution in [3.05, 3.63) is 75.4 Å². The zero-order chi connectivity index (χ0) is 21.5. The molecule has 0 saturated carbocycles. The van der Waals surface area contributed by atoms with Crippen molar-refractivity contribution in [2.24, 2.45) is 5.41 Å². The van der Waals surface area contributed by atoms with Crippen LogP contribution in [0.1, 0.15) is 30.4 Å². The van der Waals surface area contributed by atoms with E-state index in [9.17, 15) is 9.59 Å². The summed E-state index contributed by atoms with van der Waals surface area (Å²) in [6.45, 7) is 5.43. The summed E-state index contributed by atoms with van der Waals surface area (Å²) in [5.41, 5.74) is 1.11. The van der Waals surface area contributed by atoms with Crippen LogP contribution < -0.4 is 4.90 Å². The number of rotatable bonds is 3. The molecule has 2 amide bonds. The van der Waals surface area contributed by atoms with Crippen LogP contribution in [-0.4, -0.2) is 11.8 Å². The summed E-state index contributed by atoms with van der Waals surface area (Å²) in [4.78, 5) is 28.9. The van der Waals surface area contributed by atoms with E-state index in [1.54, 1.807) is 12.1 Å². The first-order valence-electron chi connectivity index (χ1n) is 9.47. The van der Waals surface area contributed by atoms with Crippen molar-refractivity contribution in [3.8, 4) is 11.3 Å². The Labute approximate surface area is 187 Å². The maximum atomic E-state index is 13.6. The van der Waals surface area contributed by atoms with Crippen LogP contribution in [0.15, 0.2) is 74.9 Å². The lowest BCUT2D eigenvalue weighted by Crippen LogP contribution is -2.43. The van der Waals surface area contributed by atoms with Gasteiger partial charge in [-0.2, -0.15) is 0 Å². The average Bonchev–Trinajstić information content (AvgIpc) is 3.37. The summed E-state index contributed by atoms with van der Waals surface area (Å²) in [6, 6.07) is 18.7. The number of fused-ring (bicyclic) bond motifs is 1. The maximum absolute atomic E-state index is 13.6. The Morgan fingerprint density at radius 3 is 2.37 bits per heavy atom. The lowest BCUT2D eigenvalue weighted by atomic mass is 9.93. The molecule has 6 heteroatoms. The lowest BCUT2D eigenvalue weighted by Gasteiger charge is -2.28. The fourth-order valence-corrected chi connectivity index (χ4v) is 4.22. The normalized spacial score (nSPS) is 11.6. The molecule has 4 aromatic rings. The number of carbonyl (C=O) groups is 2. The summed E-state index contributed by atoms with van der Waals surface area (Å²) < 4.78 is 7.02. The molecule has 0 radical (unpaired) electrons. The number of imide groups is 1. The SMILES string of the molecule is CC(C)(C)C(=O)N(C(=O)c1cccs1)c1c(-c2ccccc2)oc2ccc(Br)cc12. The molecule has 0 unspecified atom stereocenters. The van der Waals surface area contributed by atoms with Crippen LogP contribution >= 0.6 is 27.3 Å². The van der Waals surface area contributed by atoms with Gasteiger partial charge in [-0.15, -0.1) is 11.3 Å². The van der Waals surface area contributed by atoms with Crippen molar-refractivity contribution < 1.29 is 14.0 Å². The number of hydrogen-bond donors (Lipinski definition) is 0. The second-order valence-corrected chi connectivity index (χ2v) is 9.82. The average molecular weight is 482 g/mol. The molecule has 4 nitrogen and oxygen atoms in total. The number of amides is 2. The Morgan fingerprint density at radius 2 is 1.73 bits per heavy atom. The van der Waals surface area contributed by atoms with Gasteiger partial charge in [-0.3, -0.25) is 9.59 Å². The van der Waals surface area contributed by atoms with Crippen LogP contribution in [0.5, 0.6) is 0 Å². The van der Waals surface area contributed by atoms with E-state index in [-0.39, 0.29) is 11.8 Å². The topological polar surface area (TPSA) is 50.5 Å². The molecule has 0 spiro atoms. The Hall–Kier alpha value is -2.70. The molecule has 2 aromatic heterocycles. The number of furan rings is 1. The highest BCUT2D eigenvalue weighted by Crippen LogP contribution is 2.43. The third-order valence-electron chi connectivity index (χ3n) is 4.66. The van der Waals surface area contributed by atoms with Gasteiger partial charge < -0.3 is 4.42 Å². The van der Waals surface area contributed by atoms with E-state index >= 15 is 0 Å². The van der Waals surface area contributed by atoms with Gasteiger partial charge in [0.2, 0.25) is 5.91 Å². The van der Waals surface area contributed by atoms with E-state index in [1.807, 2.05) is 74.7 Å². The van der Waals surface area contributed by atoms with E-state index in [0.717, 1.165) is 10.0 Å². The Balaban J connectivity index is 2.04. The molecular formula is C24H20BrNO3S. The Morgan fingerprint density at radius 1 is 1.00 bits per heavy atom. The largest absolute Gasteiger partial charge is 0.454 e. The van der Waals surface area contributed by atoms with Crippen LogP contribution in [0.4, 0.5) is 5.69 Å². The van der Waals surface area contributed by atoms with Crippen LogP contribution in [0.3, 0.4) is 0 Å². The summed E-state index contributed by atoms with van der Waals surface area (Å²) in [6.07, 6.45) is 0. The smallest absolute Gasteiger partial charge is 0.275 e. The van der Waals surface area contributed by atoms with Gasteiger partial charge in [0, 0.05) is 20.8 Å². The first-order valence-corrected chi connectivity index (χ1v) is 11.1. The number of thiophene rings is 1. The van der Waals surface area contributed by atoms with Crippen LogP contribution in [0.2, 0.25) is 0 Å². The van der Waals surface area contributed by atoms with Gasteiger partial charge in [-0.1, -0.05) is 73.1 Å². The predicted octanol–water partition coefficient (Wildman–Crippen LogP) is 7.14. The Kier molecular flexibility index (Phi) is 5.38. The van der Waals surface area contributed by atoms with Crippen molar-refractivity contribution in [1.29, 1.82) is 0 Å². The van der Waals surface area contributed by atoms with Crippen molar-refractivity contribution >= 4 is 55.7 Å². The molecule has 0 aliphatic carbocycles. The van der Waals surface area contributed by atoms with Crippen molar-refractivity contribution in [2.75, 3.05) is 4.90 Å². The van der Waals surface area contributed by atoms with Gasteiger partial charge >= 0.3 is 0 Å². The molecular weight excluding hydrogens is 462 g/mol. The molecule has 4 rings (SSSR count). The molecule has 0 N–H and O–H groups in total. The third kappa shape index (κ3) is 3.73. The van der Waals surface area contributed by atoms with E-state index in [4.69, 9.17) is 4.42 Å². The highest BCUT2D eigenvalue weighted by Gasteiger charge is 2.37. The number of nitrogens with zero attached hydrogens (tertiary/aromatic N) is 1. The Bertz CT molecular complexity index is 1220. The zero-order valence-corrected chi connectivity index (χ0v) is 19.2. The summed E-state index contributed by atoms with van der Waals surface area (Å²) in [5.74, 6) is -0.156.